The summed E-state index contributed by atoms with van der Waals surface area (Å²) in [6.07, 6.45) is 14.1. The Kier molecular flexibility index (Phi) is 8.78. The van der Waals surface area contributed by atoms with Crippen molar-refractivity contribution in [1.29, 1.82) is 0 Å². The predicted molar refractivity (Wildman–Crippen MR) is 132 cm³/mol. The molecule has 2 aromatic rings. The number of amides is 1. The molecule has 0 fully saturated rings. The number of hydrogen-bond acceptors (Lipinski definition) is 7. The van der Waals surface area contributed by atoms with E-state index in [0.29, 0.717) is 35.0 Å². The molecule has 0 saturated carbocycles. The first-order valence-corrected chi connectivity index (χ1v) is 10.5. The van der Waals surface area contributed by atoms with Crippen molar-refractivity contribution < 1.29 is 24.0 Å². The van der Waals surface area contributed by atoms with Crippen molar-refractivity contribution in [2.45, 2.75) is 19.4 Å². The topological polar surface area (TPSA) is 106 Å². The largest absolute Gasteiger partial charge is 0.493 e. The summed E-state index contributed by atoms with van der Waals surface area (Å²) in [5.41, 5.74) is 2.14. The number of rotatable bonds is 11. The van der Waals surface area contributed by atoms with Crippen LogP contribution in [-0.4, -0.2) is 65.6 Å². The molecule has 1 heterocycles. The summed E-state index contributed by atoms with van der Waals surface area (Å²) in [6.45, 7) is 7.65. The van der Waals surface area contributed by atoms with Crippen molar-refractivity contribution in [3.8, 4) is 23.8 Å². The molecule has 0 radical (unpaired) electrons. The molecular weight excluding hydrogens is 434 g/mol. The van der Waals surface area contributed by atoms with Gasteiger partial charge in [-0.1, -0.05) is 24.7 Å². The molecule has 0 spiro atoms. The van der Waals surface area contributed by atoms with Gasteiger partial charge in [0.2, 0.25) is 6.73 Å². The third-order valence-electron chi connectivity index (χ3n) is 5.80. The molecule has 0 atom stereocenters. The van der Waals surface area contributed by atoms with E-state index in [9.17, 15) is 4.79 Å². The molecule has 0 bridgehead atoms. The Morgan fingerprint density at radius 3 is 2.68 bits per heavy atom. The number of hydroxylamine groups is 1. The Morgan fingerprint density at radius 1 is 1.32 bits per heavy atom. The summed E-state index contributed by atoms with van der Waals surface area (Å²) in [5, 5.41) is 13.1. The Balaban J connectivity index is 2.34. The van der Waals surface area contributed by atoms with E-state index >= 15 is 0 Å². The maximum absolute atomic E-state index is 12.2. The minimum Gasteiger partial charge on any atom is -0.493 e. The van der Waals surface area contributed by atoms with Crippen molar-refractivity contribution in [1.82, 2.24) is 15.4 Å². The van der Waals surface area contributed by atoms with Crippen LogP contribution in [-0.2, 0) is 4.79 Å². The maximum Gasteiger partial charge on any atom is 0.304 e. The van der Waals surface area contributed by atoms with Crippen molar-refractivity contribution in [3.05, 3.63) is 54.9 Å². The van der Waals surface area contributed by atoms with Gasteiger partial charge in [0.1, 0.15) is 12.1 Å². The number of quaternary nitrogens is 1. The molecular formula is C25H32N5O4+. The fourth-order valence-electron chi connectivity index (χ4n) is 2.89. The number of terminal acetylenes is 1. The zero-order valence-corrected chi connectivity index (χ0v) is 20.3. The van der Waals surface area contributed by atoms with Gasteiger partial charge in [-0.15, -0.1) is 6.42 Å². The standard InChI is InChI=1S/C25H31N5O4/c1-8-10-11-18(9-2)12-13-26-23-19-14-22(21(33-7)15-20(19)27-16-28-23)34-17-30(5,6)25(3,4)24(31)29-32/h2,8,10-12,14-16H,1,13,17H2,3-7H3,(H2-,26,27,28,29,31,32)/p+1/b11-10-,18-12-. The zero-order valence-electron chi connectivity index (χ0n) is 20.3. The molecule has 0 aliphatic heterocycles. The number of carbonyl (C=O) groups is 1. The number of methoxy groups -OCH3 is 1. The lowest BCUT2D eigenvalue weighted by molar-refractivity contribution is -0.941. The van der Waals surface area contributed by atoms with Crippen LogP contribution in [0.3, 0.4) is 0 Å². The lowest BCUT2D eigenvalue weighted by Crippen LogP contribution is -2.64. The number of likely N-dealkylation sites (N-methyl/N-ethyl adjacent to an activating group) is 1. The monoisotopic (exact) mass is 466 g/mol. The number of carbonyl (C=O) groups excluding carboxylic acids is 1. The van der Waals surface area contributed by atoms with Gasteiger partial charge in [-0.25, -0.2) is 15.4 Å². The van der Waals surface area contributed by atoms with E-state index in [0.717, 1.165) is 5.39 Å². The van der Waals surface area contributed by atoms with Crippen LogP contribution in [0.25, 0.3) is 10.9 Å². The second-order valence-corrected chi connectivity index (χ2v) is 8.48. The van der Waals surface area contributed by atoms with Gasteiger partial charge in [0.15, 0.2) is 17.0 Å². The van der Waals surface area contributed by atoms with Crippen LogP contribution < -0.4 is 20.3 Å². The third kappa shape index (κ3) is 5.92. The minimum atomic E-state index is -0.963. The molecule has 180 valence electrons. The van der Waals surface area contributed by atoms with E-state index in [2.05, 4.69) is 27.8 Å². The lowest BCUT2D eigenvalue weighted by Gasteiger charge is -2.41. The Labute approximate surface area is 200 Å². The van der Waals surface area contributed by atoms with Crippen LogP contribution >= 0.6 is 0 Å². The highest BCUT2D eigenvalue weighted by atomic mass is 16.5. The number of fused-ring (bicyclic) bond motifs is 1. The quantitative estimate of drug-likeness (QED) is 0.117. The summed E-state index contributed by atoms with van der Waals surface area (Å²) >= 11 is 0. The average molecular weight is 467 g/mol. The average Bonchev–Trinajstić information content (AvgIpc) is 2.83. The number of anilines is 1. The molecule has 1 aromatic carbocycles. The molecule has 1 aromatic heterocycles. The fraction of sp³-hybridized carbons (Fsp3) is 0.320. The van der Waals surface area contributed by atoms with Crippen molar-refractivity contribution in [3.63, 3.8) is 0 Å². The molecule has 3 N–H and O–H groups in total. The second-order valence-electron chi connectivity index (χ2n) is 8.48. The Morgan fingerprint density at radius 2 is 2.06 bits per heavy atom. The molecule has 34 heavy (non-hydrogen) atoms. The molecule has 0 unspecified atom stereocenters. The summed E-state index contributed by atoms with van der Waals surface area (Å²) in [5.74, 6) is 3.65. The summed E-state index contributed by atoms with van der Waals surface area (Å²) in [7, 11) is 5.20. The van der Waals surface area contributed by atoms with Gasteiger partial charge in [-0.05, 0) is 32.1 Å². The molecule has 0 aliphatic carbocycles. The highest BCUT2D eigenvalue weighted by Gasteiger charge is 2.44. The van der Waals surface area contributed by atoms with Crippen molar-refractivity contribution in [2.75, 3.05) is 39.8 Å². The van der Waals surface area contributed by atoms with Gasteiger partial charge in [0.05, 0.1) is 26.7 Å². The predicted octanol–water partition coefficient (Wildman–Crippen LogP) is 3.05. The molecule has 0 saturated heterocycles. The first-order valence-electron chi connectivity index (χ1n) is 10.5. The van der Waals surface area contributed by atoms with Crippen molar-refractivity contribution >= 4 is 22.6 Å². The van der Waals surface area contributed by atoms with Crippen LogP contribution in [0, 0.1) is 12.3 Å². The molecule has 0 aliphatic rings. The lowest BCUT2D eigenvalue weighted by atomic mass is 10.0. The minimum absolute atomic E-state index is 0.128. The number of benzene rings is 1. The summed E-state index contributed by atoms with van der Waals surface area (Å²) < 4.78 is 11.7. The number of aromatic nitrogens is 2. The van der Waals surface area contributed by atoms with Crippen LogP contribution in [0.1, 0.15) is 13.8 Å². The van der Waals surface area contributed by atoms with Crippen LogP contribution in [0.4, 0.5) is 5.82 Å². The van der Waals surface area contributed by atoms with Gasteiger partial charge in [-0.2, -0.15) is 0 Å². The second kappa shape index (κ2) is 11.3. The molecule has 9 nitrogen and oxygen atoms in total. The zero-order chi connectivity index (χ0) is 25.4. The van der Waals surface area contributed by atoms with E-state index in [-0.39, 0.29) is 11.2 Å². The Bertz CT molecular complexity index is 1150. The van der Waals surface area contributed by atoms with E-state index in [1.807, 2.05) is 20.2 Å². The van der Waals surface area contributed by atoms with Gasteiger partial charge >= 0.3 is 5.91 Å². The fourth-order valence-corrected chi connectivity index (χ4v) is 2.89. The highest BCUT2D eigenvalue weighted by molar-refractivity contribution is 5.91. The van der Waals surface area contributed by atoms with E-state index < -0.39 is 11.4 Å². The van der Waals surface area contributed by atoms with Gasteiger partial charge in [0.25, 0.3) is 0 Å². The van der Waals surface area contributed by atoms with Gasteiger partial charge in [-0.3, -0.25) is 14.5 Å². The number of allylic oxidation sites excluding steroid dienone is 4. The van der Waals surface area contributed by atoms with E-state index in [1.165, 1.54) is 6.33 Å². The first kappa shape index (κ1) is 26.4. The van der Waals surface area contributed by atoms with Crippen LogP contribution in [0.15, 0.2) is 54.9 Å². The summed E-state index contributed by atoms with van der Waals surface area (Å²) in [6, 6.07) is 3.55. The van der Waals surface area contributed by atoms with E-state index in [1.54, 1.807) is 56.8 Å². The van der Waals surface area contributed by atoms with Crippen molar-refractivity contribution in [2.24, 2.45) is 0 Å². The number of hydrogen-bond donors (Lipinski definition) is 3. The SMILES string of the molecule is C#CC(/C=C\C=C)=C/CNc1ncnc2cc(OC)c(OC[N+](C)(C)C(C)(C)C(=O)NO)cc12. The Hall–Kier alpha value is -3.87. The molecule has 9 heteroatoms. The molecule has 1 amide bonds. The number of nitrogens with zero attached hydrogens (tertiary/aromatic N) is 3. The van der Waals surface area contributed by atoms with Crippen LogP contribution in [0.2, 0.25) is 0 Å². The highest BCUT2D eigenvalue weighted by Crippen LogP contribution is 2.34. The first-order chi connectivity index (χ1) is 16.1. The number of nitrogens with one attached hydrogen (secondary N) is 2. The normalized spacial score (nSPS) is 12.3. The van der Waals surface area contributed by atoms with E-state index in [4.69, 9.17) is 21.1 Å². The molecule has 2 rings (SSSR count). The van der Waals surface area contributed by atoms with Gasteiger partial charge < -0.3 is 14.8 Å². The maximum atomic E-state index is 12.2. The number of ether oxygens (including phenoxy) is 2. The van der Waals surface area contributed by atoms with Crippen LogP contribution in [0.5, 0.6) is 11.5 Å². The van der Waals surface area contributed by atoms with Gasteiger partial charge in [0, 0.05) is 23.6 Å². The summed E-state index contributed by atoms with van der Waals surface area (Å²) in [4.78, 5) is 20.8. The third-order valence-corrected chi connectivity index (χ3v) is 5.80. The smallest absolute Gasteiger partial charge is 0.304 e.